The molecule has 1 aromatic rings. The van der Waals surface area contributed by atoms with Crippen LogP contribution < -0.4 is 21.7 Å². The monoisotopic (exact) mass is 312 g/mol. The van der Waals surface area contributed by atoms with Gasteiger partial charge in [0.05, 0.1) is 5.56 Å². The van der Waals surface area contributed by atoms with Gasteiger partial charge in [-0.3, -0.25) is 14.9 Å². The third-order valence-electron chi connectivity index (χ3n) is 2.79. The van der Waals surface area contributed by atoms with Crippen LogP contribution in [-0.4, -0.2) is 30.9 Å². The van der Waals surface area contributed by atoms with Crippen molar-refractivity contribution in [2.24, 2.45) is 11.1 Å². The summed E-state index contributed by atoms with van der Waals surface area (Å²) >= 11 is 1.22. The van der Waals surface area contributed by atoms with Crippen molar-refractivity contribution in [3.63, 3.8) is 0 Å². The van der Waals surface area contributed by atoms with E-state index in [-0.39, 0.29) is 5.91 Å². The Labute approximate surface area is 127 Å². The van der Waals surface area contributed by atoms with Crippen molar-refractivity contribution in [2.45, 2.75) is 26.8 Å². The third-order valence-corrected chi connectivity index (χ3v) is 3.62. The summed E-state index contributed by atoms with van der Waals surface area (Å²) in [6.45, 7) is 5.39. The van der Waals surface area contributed by atoms with Crippen molar-refractivity contribution in [1.82, 2.24) is 10.6 Å². The number of hydrogen-bond acceptors (Lipinski definition) is 4. The van der Waals surface area contributed by atoms with Gasteiger partial charge in [0.25, 0.3) is 5.91 Å². The number of hydrogen-bond donors (Lipinski definition) is 4. The lowest BCUT2D eigenvalue weighted by Crippen LogP contribution is -2.53. The van der Waals surface area contributed by atoms with E-state index in [1.165, 1.54) is 18.4 Å². The van der Waals surface area contributed by atoms with Gasteiger partial charge >= 0.3 is 6.03 Å². The highest BCUT2D eigenvalue weighted by atomic mass is 32.1. The van der Waals surface area contributed by atoms with E-state index >= 15 is 0 Å². The quantitative estimate of drug-likeness (QED) is 0.668. The highest BCUT2D eigenvalue weighted by molar-refractivity contribution is 7.14. The van der Waals surface area contributed by atoms with E-state index in [2.05, 4.69) is 16.0 Å². The van der Waals surface area contributed by atoms with Gasteiger partial charge in [-0.15, -0.1) is 11.3 Å². The van der Waals surface area contributed by atoms with Crippen LogP contribution in [0.4, 0.5) is 9.80 Å². The highest BCUT2D eigenvalue weighted by Crippen LogP contribution is 2.23. The molecule has 0 fully saturated rings. The van der Waals surface area contributed by atoms with E-state index in [0.29, 0.717) is 10.6 Å². The molecule has 116 valence electrons. The molecular weight excluding hydrogens is 292 g/mol. The van der Waals surface area contributed by atoms with Gasteiger partial charge in [0.15, 0.2) is 0 Å². The molecule has 0 bridgehead atoms. The molecule has 0 spiro atoms. The smallest absolute Gasteiger partial charge is 0.320 e. The number of thiophene rings is 1. The molecule has 0 aliphatic rings. The Kier molecular flexibility index (Phi) is 5.31. The molecule has 4 amide bonds. The average molecular weight is 312 g/mol. The number of nitrogens with one attached hydrogen (secondary N) is 3. The zero-order valence-electron chi connectivity index (χ0n) is 12.4. The second-order valence-corrected chi connectivity index (χ2v) is 6.46. The fraction of sp³-hybridized carbons (Fsp3) is 0.462. The molecule has 0 aliphatic carbocycles. The van der Waals surface area contributed by atoms with Crippen molar-refractivity contribution in [1.29, 1.82) is 0 Å². The molecule has 7 nitrogen and oxygen atoms in total. The van der Waals surface area contributed by atoms with Gasteiger partial charge in [0, 0.05) is 7.05 Å². The maximum atomic E-state index is 12.0. The molecule has 21 heavy (non-hydrogen) atoms. The Morgan fingerprint density at radius 3 is 2.38 bits per heavy atom. The maximum absolute atomic E-state index is 12.0. The molecule has 0 unspecified atom stereocenters. The van der Waals surface area contributed by atoms with E-state index < -0.39 is 23.4 Å². The summed E-state index contributed by atoms with van der Waals surface area (Å²) in [5, 5.41) is 9.67. The zero-order chi connectivity index (χ0) is 16.2. The molecule has 5 N–H and O–H groups in total. The first-order valence-electron chi connectivity index (χ1n) is 6.33. The molecule has 0 saturated heterocycles. The van der Waals surface area contributed by atoms with E-state index in [0.717, 1.165) is 0 Å². The van der Waals surface area contributed by atoms with Gasteiger partial charge in [0.2, 0.25) is 5.91 Å². The number of urea groups is 1. The van der Waals surface area contributed by atoms with Crippen LogP contribution in [0.5, 0.6) is 0 Å². The van der Waals surface area contributed by atoms with E-state index in [1.54, 1.807) is 32.2 Å². The normalized spacial score (nSPS) is 12.4. The van der Waals surface area contributed by atoms with Gasteiger partial charge in [0.1, 0.15) is 11.0 Å². The first-order chi connectivity index (χ1) is 9.66. The van der Waals surface area contributed by atoms with Crippen molar-refractivity contribution in [3.05, 3.63) is 17.0 Å². The Morgan fingerprint density at radius 1 is 1.29 bits per heavy atom. The van der Waals surface area contributed by atoms with Crippen LogP contribution in [0.2, 0.25) is 0 Å². The summed E-state index contributed by atoms with van der Waals surface area (Å²) < 4.78 is 0. The topological polar surface area (TPSA) is 113 Å². The highest BCUT2D eigenvalue weighted by Gasteiger charge is 2.31. The van der Waals surface area contributed by atoms with Gasteiger partial charge < -0.3 is 16.4 Å². The average Bonchev–Trinajstić information content (AvgIpc) is 2.81. The summed E-state index contributed by atoms with van der Waals surface area (Å²) in [6, 6.07) is 0.205. The van der Waals surface area contributed by atoms with Crippen LogP contribution in [0.1, 0.15) is 31.1 Å². The van der Waals surface area contributed by atoms with Gasteiger partial charge in [-0.25, -0.2) is 4.79 Å². The van der Waals surface area contributed by atoms with Gasteiger partial charge in [-0.1, -0.05) is 20.8 Å². The summed E-state index contributed by atoms with van der Waals surface area (Å²) in [5.41, 5.74) is 5.15. The van der Waals surface area contributed by atoms with Crippen molar-refractivity contribution in [2.75, 3.05) is 12.4 Å². The second-order valence-electron chi connectivity index (χ2n) is 5.54. The second kappa shape index (κ2) is 6.57. The van der Waals surface area contributed by atoms with Gasteiger partial charge in [-0.05, 0) is 16.9 Å². The van der Waals surface area contributed by atoms with Crippen LogP contribution in [0.3, 0.4) is 0 Å². The molecule has 0 aromatic carbocycles. The molecule has 0 radical (unpaired) electrons. The van der Waals surface area contributed by atoms with Crippen molar-refractivity contribution >= 4 is 34.2 Å². The van der Waals surface area contributed by atoms with E-state index in [1.807, 2.05) is 0 Å². The summed E-state index contributed by atoms with van der Waals surface area (Å²) in [4.78, 5) is 35.0. The first-order valence-corrected chi connectivity index (χ1v) is 7.21. The predicted molar refractivity (Wildman–Crippen MR) is 82.3 cm³/mol. The van der Waals surface area contributed by atoms with Crippen molar-refractivity contribution < 1.29 is 14.4 Å². The number of anilines is 1. The molecule has 1 rings (SSSR count). The largest absolute Gasteiger partial charge is 0.368 e. The first kappa shape index (κ1) is 17.0. The minimum atomic E-state index is -0.819. The molecular formula is C13H20N4O3S. The fourth-order valence-electron chi connectivity index (χ4n) is 1.70. The number of rotatable bonds is 4. The number of primary amides is 1. The van der Waals surface area contributed by atoms with Crippen LogP contribution in [0, 0.1) is 5.41 Å². The number of carbonyl (C=O) groups is 3. The Morgan fingerprint density at radius 2 is 1.90 bits per heavy atom. The van der Waals surface area contributed by atoms with Gasteiger partial charge in [-0.2, -0.15) is 0 Å². The van der Waals surface area contributed by atoms with E-state index in [9.17, 15) is 14.4 Å². The summed E-state index contributed by atoms with van der Waals surface area (Å²) in [7, 11) is 1.51. The summed E-state index contributed by atoms with van der Waals surface area (Å²) in [5.74, 6) is -0.913. The third kappa shape index (κ3) is 4.45. The lowest BCUT2D eigenvalue weighted by atomic mass is 9.86. The van der Waals surface area contributed by atoms with Crippen LogP contribution in [0.15, 0.2) is 11.4 Å². The van der Waals surface area contributed by atoms with Crippen LogP contribution in [0.25, 0.3) is 0 Å². The molecule has 1 aromatic heterocycles. The Hall–Kier alpha value is -2.09. The van der Waals surface area contributed by atoms with Crippen LogP contribution in [-0.2, 0) is 4.79 Å². The molecule has 1 atom stereocenters. The standard InChI is InChI=1S/C13H20N4O3S/c1-13(2,3)8(9(14)18)16-12(20)17-11-7(5-6-21-11)10(19)15-4/h5-6,8H,1-4H3,(H2,14,18)(H,15,19)(H2,16,17,20)/t8-/m1/s1. The van der Waals surface area contributed by atoms with Crippen LogP contribution >= 0.6 is 11.3 Å². The number of carbonyl (C=O) groups excluding carboxylic acids is 3. The Balaban J connectivity index is 2.80. The molecule has 1 heterocycles. The Bertz CT molecular complexity index is 548. The summed E-state index contributed by atoms with van der Waals surface area (Å²) in [6.07, 6.45) is 0. The predicted octanol–water partition coefficient (Wildman–Crippen LogP) is 1.13. The van der Waals surface area contributed by atoms with Crippen molar-refractivity contribution in [3.8, 4) is 0 Å². The SMILES string of the molecule is CNC(=O)c1ccsc1NC(=O)N[C@H](C(N)=O)C(C)(C)C. The minimum absolute atomic E-state index is 0.297. The lowest BCUT2D eigenvalue weighted by Gasteiger charge is -2.28. The molecule has 0 saturated carbocycles. The molecule has 0 aliphatic heterocycles. The molecule has 8 heteroatoms. The van der Waals surface area contributed by atoms with E-state index in [4.69, 9.17) is 5.73 Å². The number of nitrogens with two attached hydrogens (primary N) is 1. The fourth-order valence-corrected chi connectivity index (χ4v) is 2.48. The maximum Gasteiger partial charge on any atom is 0.320 e. The number of amides is 4. The zero-order valence-corrected chi connectivity index (χ0v) is 13.3. The minimum Gasteiger partial charge on any atom is -0.368 e. The lowest BCUT2D eigenvalue weighted by molar-refractivity contribution is -0.122.